The Morgan fingerprint density at radius 3 is 2.50 bits per heavy atom. The van der Waals surface area contributed by atoms with E-state index in [1.54, 1.807) is 6.08 Å². The van der Waals surface area contributed by atoms with Gasteiger partial charge < -0.3 is 4.74 Å². The summed E-state index contributed by atoms with van der Waals surface area (Å²) in [4.78, 5) is 12.3. The van der Waals surface area contributed by atoms with Crippen molar-refractivity contribution in [3.05, 3.63) is 12.7 Å². The van der Waals surface area contributed by atoms with Gasteiger partial charge in [-0.25, -0.2) is 0 Å². The van der Waals surface area contributed by atoms with Crippen LogP contribution in [0.1, 0.15) is 19.3 Å². The van der Waals surface area contributed by atoms with Crippen molar-refractivity contribution in [2.75, 3.05) is 13.1 Å². The van der Waals surface area contributed by atoms with Crippen molar-refractivity contribution in [3.63, 3.8) is 0 Å². The minimum Gasteiger partial charge on any atom is -0.445 e. The van der Waals surface area contributed by atoms with Crippen LogP contribution in [0.2, 0.25) is 0 Å². The first-order valence-corrected chi connectivity index (χ1v) is 4.34. The summed E-state index contributed by atoms with van der Waals surface area (Å²) in [5, 5.41) is 0. The first-order valence-electron chi connectivity index (χ1n) is 4.34. The van der Waals surface area contributed by atoms with E-state index >= 15 is 0 Å². The zero-order chi connectivity index (χ0) is 8.81. The van der Waals surface area contributed by atoms with Crippen LogP contribution in [-0.4, -0.2) is 30.7 Å². The molecule has 1 unspecified atom stereocenters. The standard InChI is InChI=1S/C9H15NO2/c1-2-9(12-8-11)10-6-4-3-5-7-10/h2,8-9H,1,3-7H2. The van der Waals surface area contributed by atoms with Crippen molar-refractivity contribution in [1.29, 1.82) is 0 Å². The molecule has 1 saturated heterocycles. The van der Waals surface area contributed by atoms with Crippen molar-refractivity contribution >= 4 is 6.47 Å². The van der Waals surface area contributed by atoms with Gasteiger partial charge in [0.2, 0.25) is 0 Å². The molecule has 1 fully saturated rings. The number of rotatable bonds is 4. The number of likely N-dealkylation sites (tertiary alicyclic amines) is 1. The van der Waals surface area contributed by atoms with Crippen LogP contribution in [-0.2, 0) is 9.53 Å². The highest BCUT2D eigenvalue weighted by molar-refractivity contribution is 5.37. The van der Waals surface area contributed by atoms with E-state index in [0.717, 1.165) is 13.1 Å². The van der Waals surface area contributed by atoms with Crippen LogP contribution in [0.25, 0.3) is 0 Å². The van der Waals surface area contributed by atoms with Crippen molar-refractivity contribution < 1.29 is 9.53 Å². The van der Waals surface area contributed by atoms with Crippen LogP contribution in [0.5, 0.6) is 0 Å². The Hall–Kier alpha value is -0.830. The molecule has 1 heterocycles. The highest BCUT2D eigenvalue weighted by Gasteiger charge is 2.17. The van der Waals surface area contributed by atoms with Crippen LogP contribution >= 0.6 is 0 Å². The predicted octanol–water partition coefficient (Wildman–Crippen LogP) is 1.16. The molecule has 0 radical (unpaired) electrons. The van der Waals surface area contributed by atoms with Crippen LogP contribution in [0.15, 0.2) is 12.7 Å². The molecule has 0 bridgehead atoms. The van der Waals surface area contributed by atoms with Crippen molar-refractivity contribution in [3.8, 4) is 0 Å². The lowest BCUT2D eigenvalue weighted by molar-refractivity contribution is -0.139. The van der Waals surface area contributed by atoms with Gasteiger partial charge in [0.15, 0.2) is 6.23 Å². The Bertz CT molecular complexity index is 153. The molecule has 0 N–H and O–H groups in total. The van der Waals surface area contributed by atoms with Gasteiger partial charge in [-0.2, -0.15) is 0 Å². The molecule has 0 aromatic heterocycles. The molecule has 3 nitrogen and oxygen atoms in total. The van der Waals surface area contributed by atoms with Crippen LogP contribution in [0, 0.1) is 0 Å². The minimum atomic E-state index is -0.220. The number of nitrogens with zero attached hydrogens (tertiary/aromatic N) is 1. The lowest BCUT2D eigenvalue weighted by Gasteiger charge is -2.30. The van der Waals surface area contributed by atoms with Crippen molar-refractivity contribution in [2.24, 2.45) is 0 Å². The molecule has 1 rings (SSSR count). The lowest BCUT2D eigenvalue weighted by atomic mass is 10.1. The average Bonchev–Trinajstić information content (AvgIpc) is 2.15. The van der Waals surface area contributed by atoms with Gasteiger partial charge in [-0.05, 0) is 18.9 Å². The zero-order valence-electron chi connectivity index (χ0n) is 7.24. The van der Waals surface area contributed by atoms with Crippen molar-refractivity contribution in [2.45, 2.75) is 25.5 Å². The number of hydrogen-bond donors (Lipinski definition) is 0. The highest BCUT2D eigenvalue weighted by atomic mass is 16.5. The Balaban J connectivity index is 2.39. The second-order valence-corrected chi connectivity index (χ2v) is 2.96. The van der Waals surface area contributed by atoms with Crippen molar-refractivity contribution in [1.82, 2.24) is 4.90 Å². The first-order chi connectivity index (χ1) is 5.88. The second kappa shape index (κ2) is 4.93. The van der Waals surface area contributed by atoms with Gasteiger partial charge in [-0.15, -0.1) is 0 Å². The van der Waals surface area contributed by atoms with Gasteiger partial charge in [0.05, 0.1) is 0 Å². The molecule has 12 heavy (non-hydrogen) atoms. The summed E-state index contributed by atoms with van der Waals surface area (Å²) in [5.74, 6) is 0. The first kappa shape index (κ1) is 9.26. The third-order valence-electron chi connectivity index (χ3n) is 2.15. The summed E-state index contributed by atoms with van der Waals surface area (Å²) in [6.07, 6.45) is 5.10. The largest absolute Gasteiger partial charge is 0.445 e. The number of piperidine rings is 1. The molecule has 3 heteroatoms. The molecule has 68 valence electrons. The smallest absolute Gasteiger partial charge is 0.294 e. The van der Waals surface area contributed by atoms with E-state index in [4.69, 9.17) is 4.74 Å². The zero-order valence-corrected chi connectivity index (χ0v) is 7.24. The molecule has 1 aliphatic heterocycles. The Morgan fingerprint density at radius 1 is 1.33 bits per heavy atom. The molecular formula is C9H15NO2. The third-order valence-corrected chi connectivity index (χ3v) is 2.15. The quantitative estimate of drug-likeness (QED) is 0.467. The maximum Gasteiger partial charge on any atom is 0.294 e. The van der Waals surface area contributed by atoms with E-state index in [-0.39, 0.29) is 6.23 Å². The van der Waals surface area contributed by atoms with Crippen LogP contribution < -0.4 is 0 Å². The summed E-state index contributed by atoms with van der Waals surface area (Å²) < 4.78 is 4.86. The highest BCUT2D eigenvalue weighted by Crippen LogP contribution is 2.12. The van der Waals surface area contributed by atoms with E-state index < -0.39 is 0 Å². The van der Waals surface area contributed by atoms with Gasteiger partial charge >= 0.3 is 0 Å². The molecule has 0 saturated carbocycles. The molecule has 1 atom stereocenters. The molecule has 0 aromatic rings. The van der Waals surface area contributed by atoms with E-state index in [1.165, 1.54) is 19.3 Å². The fourth-order valence-electron chi connectivity index (χ4n) is 1.52. The molecule has 0 aliphatic carbocycles. The normalized spacial score (nSPS) is 21.3. The molecule has 0 amide bonds. The summed E-state index contributed by atoms with van der Waals surface area (Å²) in [5.41, 5.74) is 0. The Morgan fingerprint density at radius 2 is 2.00 bits per heavy atom. The van der Waals surface area contributed by atoms with Gasteiger partial charge in [-0.3, -0.25) is 9.69 Å². The maximum atomic E-state index is 10.1. The molecule has 0 aromatic carbocycles. The Kier molecular flexibility index (Phi) is 3.80. The number of carbonyl (C=O) groups excluding carboxylic acids is 1. The fraction of sp³-hybridized carbons (Fsp3) is 0.667. The molecule has 1 aliphatic rings. The average molecular weight is 169 g/mol. The van der Waals surface area contributed by atoms with Crippen LogP contribution in [0.3, 0.4) is 0 Å². The molecule has 0 spiro atoms. The van der Waals surface area contributed by atoms with E-state index in [9.17, 15) is 4.79 Å². The molecular weight excluding hydrogens is 154 g/mol. The summed E-state index contributed by atoms with van der Waals surface area (Å²) in [6, 6.07) is 0. The summed E-state index contributed by atoms with van der Waals surface area (Å²) in [6.45, 7) is 6.13. The summed E-state index contributed by atoms with van der Waals surface area (Å²) in [7, 11) is 0. The predicted molar refractivity (Wildman–Crippen MR) is 46.6 cm³/mol. The number of ether oxygens (including phenoxy) is 1. The van der Waals surface area contributed by atoms with E-state index in [0.29, 0.717) is 6.47 Å². The number of hydrogen-bond acceptors (Lipinski definition) is 3. The van der Waals surface area contributed by atoms with Crippen LogP contribution in [0.4, 0.5) is 0 Å². The lowest BCUT2D eigenvalue weighted by Crippen LogP contribution is -2.39. The summed E-state index contributed by atoms with van der Waals surface area (Å²) >= 11 is 0. The van der Waals surface area contributed by atoms with Gasteiger partial charge in [0.1, 0.15) is 0 Å². The maximum absolute atomic E-state index is 10.1. The number of carbonyl (C=O) groups is 1. The van der Waals surface area contributed by atoms with E-state index in [2.05, 4.69) is 11.5 Å². The fourth-order valence-corrected chi connectivity index (χ4v) is 1.52. The van der Waals surface area contributed by atoms with E-state index in [1.807, 2.05) is 0 Å². The minimum absolute atomic E-state index is 0.220. The van der Waals surface area contributed by atoms with Gasteiger partial charge in [-0.1, -0.05) is 13.0 Å². The monoisotopic (exact) mass is 169 g/mol. The third kappa shape index (κ3) is 2.34. The topological polar surface area (TPSA) is 29.5 Å². The second-order valence-electron chi connectivity index (χ2n) is 2.96. The SMILES string of the molecule is C=CC(OC=O)N1CCCCC1. The Labute approximate surface area is 73.0 Å². The van der Waals surface area contributed by atoms with Gasteiger partial charge in [0.25, 0.3) is 6.47 Å². The van der Waals surface area contributed by atoms with Gasteiger partial charge in [0, 0.05) is 13.1 Å².